The molecule has 1 N–H and O–H groups in total. The van der Waals surface area contributed by atoms with E-state index in [-0.39, 0.29) is 23.0 Å². The van der Waals surface area contributed by atoms with E-state index in [1.165, 1.54) is 58.9 Å². The third kappa shape index (κ3) is 5.11. The summed E-state index contributed by atoms with van der Waals surface area (Å²) in [6.07, 6.45) is 1.53. The van der Waals surface area contributed by atoms with E-state index in [1.807, 2.05) is 0 Å². The number of hydrogen-bond acceptors (Lipinski definition) is 6. The molecule has 11 heteroatoms. The Bertz CT molecular complexity index is 1640. The second-order valence-corrected chi connectivity index (χ2v) is 10.8. The van der Waals surface area contributed by atoms with Gasteiger partial charge in [-0.3, -0.25) is 14.4 Å². The molecule has 0 saturated heterocycles. The number of nitrogens with one attached hydrogen (secondary N) is 1. The Kier molecular flexibility index (Phi) is 6.48. The van der Waals surface area contributed by atoms with E-state index in [0.717, 1.165) is 16.8 Å². The first-order valence-electron chi connectivity index (χ1n) is 10.6. The van der Waals surface area contributed by atoms with Gasteiger partial charge in [0.15, 0.2) is 5.13 Å². The number of anilines is 2. The van der Waals surface area contributed by atoms with Gasteiger partial charge >= 0.3 is 0 Å². The normalized spacial score (nSPS) is 11.5. The molecule has 0 spiro atoms. The topological polar surface area (TPSA) is 92.5 Å². The minimum Gasteiger partial charge on any atom is -0.467 e. The highest BCUT2D eigenvalue weighted by molar-refractivity contribution is 7.92. The van der Waals surface area contributed by atoms with E-state index in [1.54, 1.807) is 30.3 Å². The summed E-state index contributed by atoms with van der Waals surface area (Å²) in [5.74, 6) is -0.305. The fourth-order valence-corrected chi connectivity index (χ4v) is 5.75. The van der Waals surface area contributed by atoms with Crippen molar-refractivity contribution in [3.8, 4) is 0 Å². The number of hydrogen-bond donors (Lipinski definition) is 1. The fourth-order valence-electron chi connectivity index (χ4n) is 3.45. The number of furan rings is 1. The van der Waals surface area contributed by atoms with Gasteiger partial charge < -0.3 is 4.42 Å². The maximum absolute atomic E-state index is 13.5. The monoisotopic (exact) mass is 541 g/mol. The number of amides is 1. The minimum atomic E-state index is -3.92. The summed E-state index contributed by atoms with van der Waals surface area (Å²) in [4.78, 5) is 19.5. The van der Waals surface area contributed by atoms with Gasteiger partial charge in [0.25, 0.3) is 15.9 Å². The first-order chi connectivity index (χ1) is 17.3. The number of carbonyl (C=O) groups excluding carboxylic acids is 1. The third-order valence-electron chi connectivity index (χ3n) is 5.22. The SMILES string of the molecule is O=C(c1ccc(NS(=O)(=O)c2ccc(F)cc2)cc1)N(Cc1ccco1)c1nc2ccc(Cl)cc2s1. The summed E-state index contributed by atoms with van der Waals surface area (Å²) in [6, 6.07) is 19.3. The first-order valence-corrected chi connectivity index (χ1v) is 13.2. The predicted molar refractivity (Wildman–Crippen MR) is 138 cm³/mol. The van der Waals surface area contributed by atoms with Crippen LogP contribution in [0.1, 0.15) is 16.1 Å². The number of halogens is 2. The predicted octanol–water partition coefficient (Wildman–Crippen LogP) is 6.33. The molecule has 3 aromatic carbocycles. The summed E-state index contributed by atoms with van der Waals surface area (Å²) >= 11 is 7.43. The lowest BCUT2D eigenvalue weighted by atomic mass is 10.2. The summed E-state index contributed by atoms with van der Waals surface area (Å²) in [5, 5.41) is 1.04. The summed E-state index contributed by atoms with van der Waals surface area (Å²) in [6.45, 7) is 0.151. The molecule has 0 fully saturated rings. The number of carbonyl (C=O) groups is 1. The first kappa shape index (κ1) is 24.0. The van der Waals surface area contributed by atoms with Gasteiger partial charge in [-0.25, -0.2) is 17.8 Å². The number of thiazole rings is 1. The largest absolute Gasteiger partial charge is 0.467 e. The van der Waals surface area contributed by atoms with Crippen LogP contribution in [-0.2, 0) is 16.6 Å². The van der Waals surface area contributed by atoms with E-state index in [0.29, 0.717) is 27.0 Å². The van der Waals surface area contributed by atoms with Crippen LogP contribution in [0.2, 0.25) is 5.02 Å². The molecule has 0 unspecified atom stereocenters. The molecule has 0 atom stereocenters. The van der Waals surface area contributed by atoms with Crippen LogP contribution in [-0.4, -0.2) is 19.3 Å². The molecule has 0 radical (unpaired) electrons. The van der Waals surface area contributed by atoms with Gasteiger partial charge in [0.2, 0.25) is 0 Å². The van der Waals surface area contributed by atoms with Crippen molar-refractivity contribution in [3.05, 3.63) is 107 Å². The second kappa shape index (κ2) is 9.73. The van der Waals surface area contributed by atoms with Crippen LogP contribution in [0.15, 0.2) is 94.4 Å². The average molecular weight is 542 g/mol. The van der Waals surface area contributed by atoms with Crippen LogP contribution < -0.4 is 9.62 Å². The third-order valence-corrected chi connectivity index (χ3v) is 7.89. The Hall–Kier alpha value is -3.73. The zero-order chi connectivity index (χ0) is 25.3. The van der Waals surface area contributed by atoms with Crippen molar-refractivity contribution in [3.63, 3.8) is 0 Å². The summed E-state index contributed by atoms with van der Waals surface area (Å²) in [7, 11) is -3.92. The van der Waals surface area contributed by atoms with Crippen LogP contribution in [0.4, 0.5) is 15.2 Å². The molecule has 0 bridgehead atoms. The quantitative estimate of drug-likeness (QED) is 0.260. The van der Waals surface area contributed by atoms with Gasteiger partial charge in [0.1, 0.15) is 11.6 Å². The molecule has 2 heterocycles. The van der Waals surface area contributed by atoms with Gasteiger partial charge in [-0.1, -0.05) is 22.9 Å². The van der Waals surface area contributed by atoms with Crippen LogP contribution >= 0.6 is 22.9 Å². The lowest BCUT2D eigenvalue weighted by molar-refractivity contribution is 0.0983. The number of fused-ring (bicyclic) bond motifs is 1. The Morgan fingerprint density at radius 3 is 2.50 bits per heavy atom. The summed E-state index contributed by atoms with van der Waals surface area (Å²) in [5.41, 5.74) is 1.29. The van der Waals surface area contributed by atoms with Crippen molar-refractivity contribution in [1.82, 2.24) is 4.98 Å². The molecular weight excluding hydrogens is 525 g/mol. The zero-order valence-electron chi connectivity index (χ0n) is 18.4. The van der Waals surface area contributed by atoms with Crippen molar-refractivity contribution < 1.29 is 22.0 Å². The van der Waals surface area contributed by atoms with Crippen LogP contribution in [0.25, 0.3) is 10.2 Å². The van der Waals surface area contributed by atoms with Crippen molar-refractivity contribution >= 4 is 59.9 Å². The van der Waals surface area contributed by atoms with Gasteiger partial charge in [0.05, 0.1) is 27.9 Å². The highest BCUT2D eigenvalue weighted by Gasteiger charge is 2.23. The molecule has 36 heavy (non-hydrogen) atoms. The van der Waals surface area contributed by atoms with Gasteiger partial charge in [-0.2, -0.15) is 0 Å². The van der Waals surface area contributed by atoms with E-state index in [9.17, 15) is 17.6 Å². The minimum absolute atomic E-state index is 0.0791. The molecule has 0 aliphatic rings. The molecule has 2 aromatic heterocycles. The number of rotatable bonds is 7. The standard InChI is InChI=1S/C25H17ClFN3O4S2/c26-17-5-12-22-23(14-17)35-25(28-22)30(15-20-2-1-13-34-20)24(31)16-3-8-19(9-4-16)29-36(32,33)21-10-6-18(27)7-11-21/h1-14,29H,15H2. The molecule has 182 valence electrons. The highest BCUT2D eigenvalue weighted by atomic mass is 35.5. The zero-order valence-corrected chi connectivity index (χ0v) is 20.8. The maximum Gasteiger partial charge on any atom is 0.261 e. The van der Waals surface area contributed by atoms with Crippen molar-refractivity contribution in [2.45, 2.75) is 11.4 Å². The number of nitrogens with zero attached hydrogens (tertiary/aromatic N) is 2. The Balaban J connectivity index is 1.41. The van der Waals surface area contributed by atoms with Crippen LogP contribution in [0.5, 0.6) is 0 Å². The maximum atomic E-state index is 13.5. The molecule has 7 nitrogen and oxygen atoms in total. The Morgan fingerprint density at radius 1 is 1.06 bits per heavy atom. The molecule has 0 aliphatic carbocycles. The molecule has 0 aliphatic heterocycles. The second-order valence-electron chi connectivity index (χ2n) is 7.72. The van der Waals surface area contributed by atoms with Crippen molar-refractivity contribution in [2.75, 3.05) is 9.62 Å². The Labute approximate surface area is 214 Å². The van der Waals surface area contributed by atoms with E-state index >= 15 is 0 Å². The molecular formula is C25H17ClFN3O4S2. The highest BCUT2D eigenvalue weighted by Crippen LogP contribution is 2.32. The lowest BCUT2D eigenvalue weighted by Gasteiger charge is -2.19. The molecule has 5 rings (SSSR count). The fraction of sp³-hybridized carbons (Fsp3) is 0.0400. The number of benzene rings is 3. The van der Waals surface area contributed by atoms with E-state index < -0.39 is 15.8 Å². The van der Waals surface area contributed by atoms with Crippen LogP contribution in [0, 0.1) is 5.82 Å². The van der Waals surface area contributed by atoms with Gasteiger partial charge in [-0.05, 0) is 78.9 Å². The molecule has 1 amide bonds. The van der Waals surface area contributed by atoms with Crippen LogP contribution in [0.3, 0.4) is 0 Å². The molecule has 0 saturated carbocycles. The number of aromatic nitrogens is 1. The van der Waals surface area contributed by atoms with Crippen molar-refractivity contribution in [2.24, 2.45) is 0 Å². The lowest BCUT2D eigenvalue weighted by Crippen LogP contribution is -2.30. The summed E-state index contributed by atoms with van der Waals surface area (Å²) < 4.78 is 47.0. The van der Waals surface area contributed by atoms with E-state index in [4.69, 9.17) is 16.0 Å². The van der Waals surface area contributed by atoms with Gasteiger partial charge in [0, 0.05) is 16.3 Å². The van der Waals surface area contributed by atoms with E-state index in [2.05, 4.69) is 9.71 Å². The smallest absolute Gasteiger partial charge is 0.261 e. The van der Waals surface area contributed by atoms with Crippen molar-refractivity contribution in [1.29, 1.82) is 0 Å². The number of sulfonamides is 1. The average Bonchev–Trinajstić information content (AvgIpc) is 3.52. The molecule has 5 aromatic rings. The van der Waals surface area contributed by atoms with Gasteiger partial charge in [-0.15, -0.1) is 0 Å². The Morgan fingerprint density at radius 2 is 1.81 bits per heavy atom.